The van der Waals surface area contributed by atoms with Gasteiger partial charge in [-0.05, 0) is 36.4 Å². The van der Waals surface area contributed by atoms with Crippen molar-refractivity contribution in [3.63, 3.8) is 0 Å². The lowest BCUT2D eigenvalue weighted by Crippen LogP contribution is -2.44. The molecule has 2 N–H and O–H groups in total. The van der Waals surface area contributed by atoms with Crippen LogP contribution in [-0.4, -0.2) is 38.4 Å². The summed E-state index contributed by atoms with van der Waals surface area (Å²) in [5.74, 6) is 1.42. The normalized spacial score (nSPS) is 18.4. The van der Waals surface area contributed by atoms with Crippen molar-refractivity contribution >= 4 is 34.0 Å². The van der Waals surface area contributed by atoms with E-state index in [-0.39, 0.29) is 16.6 Å². The zero-order valence-corrected chi connectivity index (χ0v) is 14.7. The molecule has 10 nitrogen and oxygen atoms in total. The molecule has 0 spiro atoms. The number of hydrazone groups is 1. The molecular weight excluding hydrogens is 372 g/mol. The fourth-order valence-electron chi connectivity index (χ4n) is 2.81. The van der Waals surface area contributed by atoms with Crippen LogP contribution in [0.3, 0.4) is 0 Å². The van der Waals surface area contributed by atoms with Crippen molar-refractivity contribution in [1.29, 1.82) is 0 Å². The number of nitrogens with zero attached hydrogens (tertiary/aromatic N) is 5. The van der Waals surface area contributed by atoms with Gasteiger partial charge in [0.2, 0.25) is 5.71 Å². The van der Waals surface area contributed by atoms with Crippen LogP contribution in [0.15, 0.2) is 65.1 Å². The highest BCUT2D eigenvalue weighted by Crippen LogP contribution is 2.31. The number of rotatable bonds is 2. The molecule has 2 heterocycles. The van der Waals surface area contributed by atoms with E-state index in [0.29, 0.717) is 12.5 Å². The van der Waals surface area contributed by atoms with Crippen molar-refractivity contribution in [2.75, 3.05) is 22.7 Å². The number of thioether (sulfide) groups is 1. The van der Waals surface area contributed by atoms with E-state index < -0.39 is 4.90 Å². The molecule has 3 aliphatic rings. The number of benzene rings is 1. The third-order valence-electron chi connectivity index (χ3n) is 4.21. The van der Waals surface area contributed by atoms with Crippen molar-refractivity contribution < 1.29 is 10.1 Å². The lowest BCUT2D eigenvalue weighted by atomic mass is 10.1. The monoisotopic (exact) mass is 386 g/mol. The summed E-state index contributed by atoms with van der Waals surface area (Å²) in [4.78, 5) is 3.63. The van der Waals surface area contributed by atoms with Crippen LogP contribution in [-0.2, 0) is 0 Å². The molecule has 1 aromatic carbocycles. The van der Waals surface area contributed by atoms with Gasteiger partial charge in [-0.25, -0.2) is 0 Å². The van der Waals surface area contributed by atoms with Crippen LogP contribution in [0.1, 0.15) is 0 Å². The molecule has 1 aliphatic carbocycles. The molecule has 0 saturated carbocycles. The molecule has 1 aromatic rings. The number of fused-ring (bicyclic) bond motifs is 1. The van der Waals surface area contributed by atoms with Gasteiger partial charge in [0.15, 0.2) is 5.17 Å². The largest absolute Gasteiger partial charge is 0.733 e. The fourth-order valence-corrected chi connectivity index (χ4v) is 3.73. The minimum atomic E-state index is -0.435. The number of hydrogen-bond donors (Lipinski definition) is 2. The Morgan fingerprint density at radius 1 is 1.15 bits per heavy atom. The lowest BCUT2D eigenvalue weighted by molar-refractivity contribution is -0.377. The number of nitrogens with one attached hydrogen (secondary N) is 1. The summed E-state index contributed by atoms with van der Waals surface area (Å²) in [7, 11) is 0. The summed E-state index contributed by atoms with van der Waals surface area (Å²) < 4.78 is 0. The number of allylic oxidation sites excluding steroid dienone is 5. The van der Waals surface area contributed by atoms with E-state index in [1.54, 1.807) is 48.2 Å². The van der Waals surface area contributed by atoms with Gasteiger partial charge in [0.1, 0.15) is 5.82 Å². The topological polar surface area (TPSA) is 127 Å². The second-order valence-corrected chi connectivity index (χ2v) is 6.74. The minimum absolute atomic E-state index is 0.0320. The summed E-state index contributed by atoms with van der Waals surface area (Å²) in [5.41, 5.74) is 4.86. The first kappa shape index (κ1) is 17.3. The molecule has 27 heavy (non-hydrogen) atoms. The fraction of sp³-hybridized carbons (Fsp3) is 0.125. The standard InChI is InChI=1S/C16H14N6O4S/c23-21(24)13-3-1-11(2-4-13)15-17-18-16-20(15)9-19(10-27-16)12-5-7-14(8-6-12)22(25)26/h1-8,17,25H,9-10H2/q-2. The van der Waals surface area contributed by atoms with Crippen molar-refractivity contribution in [2.45, 2.75) is 0 Å². The molecule has 0 amide bonds. The second-order valence-electron chi connectivity index (χ2n) is 5.83. The van der Waals surface area contributed by atoms with Crippen LogP contribution in [0.4, 0.5) is 11.4 Å². The number of amidine groups is 1. The van der Waals surface area contributed by atoms with Crippen LogP contribution in [0.25, 0.3) is 0 Å². The van der Waals surface area contributed by atoms with E-state index >= 15 is 0 Å². The van der Waals surface area contributed by atoms with Crippen LogP contribution in [0, 0.1) is 15.6 Å². The molecule has 1 fully saturated rings. The summed E-state index contributed by atoms with van der Waals surface area (Å²) in [6, 6.07) is 6.60. The highest BCUT2D eigenvalue weighted by molar-refractivity contribution is 8.13. The van der Waals surface area contributed by atoms with Gasteiger partial charge < -0.3 is 25.7 Å². The van der Waals surface area contributed by atoms with E-state index in [1.807, 2.05) is 4.90 Å². The summed E-state index contributed by atoms with van der Waals surface area (Å²) in [6.07, 6.45) is 6.28. The zero-order chi connectivity index (χ0) is 19.0. The quantitative estimate of drug-likeness (QED) is 0.578. The zero-order valence-electron chi connectivity index (χ0n) is 13.8. The Morgan fingerprint density at radius 3 is 2.48 bits per heavy atom. The molecule has 0 aromatic heterocycles. The van der Waals surface area contributed by atoms with Gasteiger partial charge in [0, 0.05) is 23.4 Å². The lowest BCUT2D eigenvalue weighted by Gasteiger charge is -2.36. The van der Waals surface area contributed by atoms with E-state index in [1.165, 1.54) is 12.2 Å². The first-order chi connectivity index (χ1) is 13.0. The van der Waals surface area contributed by atoms with Gasteiger partial charge in [-0.15, -0.1) is 5.10 Å². The van der Waals surface area contributed by atoms with Crippen LogP contribution in [0.2, 0.25) is 0 Å². The highest BCUT2D eigenvalue weighted by Gasteiger charge is 2.31. The first-order valence-corrected chi connectivity index (χ1v) is 8.88. The third-order valence-corrected chi connectivity index (χ3v) is 5.22. The van der Waals surface area contributed by atoms with Gasteiger partial charge in [-0.1, -0.05) is 11.8 Å². The first-order valence-electron chi connectivity index (χ1n) is 7.90. The molecule has 11 heteroatoms. The summed E-state index contributed by atoms with van der Waals surface area (Å²) in [6.45, 7) is 0.519. The van der Waals surface area contributed by atoms with Gasteiger partial charge in [0.25, 0.3) is 0 Å². The summed E-state index contributed by atoms with van der Waals surface area (Å²) >= 11 is 1.54. The van der Waals surface area contributed by atoms with Gasteiger partial charge >= 0.3 is 0 Å². The van der Waals surface area contributed by atoms with Crippen molar-refractivity contribution in [1.82, 2.24) is 10.3 Å². The average Bonchev–Trinajstić information content (AvgIpc) is 3.11. The SMILES string of the molecule is [O-]N(O)c1ccc(N2CSC3=NNC(=C4C=CC(=[N+]([O-])[O-])C=C4)N3C2)cc1. The predicted octanol–water partition coefficient (Wildman–Crippen LogP) is 1.81. The maximum Gasteiger partial charge on any atom is 0.222 e. The van der Waals surface area contributed by atoms with E-state index in [4.69, 9.17) is 5.21 Å². The maximum absolute atomic E-state index is 10.9. The molecule has 2 aliphatic heterocycles. The van der Waals surface area contributed by atoms with Crippen LogP contribution < -0.4 is 15.6 Å². The molecule has 140 valence electrons. The van der Waals surface area contributed by atoms with E-state index in [2.05, 4.69) is 15.4 Å². The minimum Gasteiger partial charge on any atom is -0.733 e. The molecule has 0 atom stereocenters. The Bertz CT molecular complexity index is 884. The van der Waals surface area contributed by atoms with Gasteiger partial charge in [-0.2, -0.15) is 4.90 Å². The van der Waals surface area contributed by atoms with E-state index in [0.717, 1.165) is 22.2 Å². The van der Waals surface area contributed by atoms with Crippen molar-refractivity contribution in [2.24, 2.45) is 5.10 Å². The van der Waals surface area contributed by atoms with Crippen LogP contribution >= 0.6 is 11.8 Å². The molecule has 0 radical (unpaired) electrons. The number of anilines is 2. The van der Waals surface area contributed by atoms with Crippen molar-refractivity contribution in [3.05, 3.63) is 75.6 Å². The van der Waals surface area contributed by atoms with Crippen LogP contribution in [0.5, 0.6) is 0 Å². The second kappa shape index (κ2) is 6.87. The van der Waals surface area contributed by atoms with Gasteiger partial charge in [0.05, 0.1) is 18.2 Å². The Labute approximate surface area is 158 Å². The molecule has 1 saturated heterocycles. The average molecular weight is 386 g/mol. The van der Waals surface area contributed by atoms with E-state index in [9.17, 15) is 15.6 Å². The summed E-state index contributed by atoms with van der Waals surface area (Å²) in [5, 5.41) is 46.5. The molecule has 4 rings (SSSR count). The maximum atomic E-state index is 10.9. The Kier molecular flexibility index (Phi) is 4.39. The Morgan fingerprint density at radius 2 is 1.85 bits per heavy atom. The molecule has 0 unspecified atom stereocenters. The van der Waals surface area contributed by atoms with Crippen molar-refractivity contribution in [3.8, 4) is 0 Å². The smallest absolute Gasteiger partial charge is 0.222 e. The predicted molar refractivity (Wildman–Crippen MR) is 104 cm³/mol. The Hall–Kier alpha value is -3.15. The number of hydrogen-bond acceptors (Lipinski definition) is 10. The molecular formula is C16H14N6O4S-2. The highest BCUT2D eigenvalue weighted by atomic mass is 32.2. The molecule has 0 bridgehead atoms. The Balaban J connectivity index is 1.56. The third kappa shape index (κ3) is 3.30. The van der Waals surface area contributed by atoms with Gasteiger partial charge in [-0.3, -0.25) is 15.5 Å².